The second-order valence-corrected chi connectivity index (χ2v) is 7.17. The molecular formula is C14H24O3. The maximum Gasteiger partial charge on any atom is 0.338 e. The topological polar surface area (TPSA) is 38.8 Å². The minimum Gasteiger partial charge on any atom is -0.464 e. The molecule has 1 heterocycles. The van der Waals surface area contributed by atoms with Gasteiger partial charge in [-0.15, -0.1) is 0 Å². The second kappa shape index (κ2) is 3.71. The van der Waals surface area contributed by atoms with Crippen LogP contribution in [0.1, 0.15) is 53.9 Å². The molecule has 1 saturated carbocycles. The van der Waals surface area contributed by atoms with Crippen LogP contribution in [-0.4, -0.2) is 24.3 Å². The summed E-state index contributed by atoms with van der Waals surface area (Å²) in [5.41, 5.74) is 0.240. The van der Waals surface area contributed by atoms with Crippen molar-refractivity contribution in [2.45, 2.75) is 65.6 Å². The van der Waals surface area contributed by atoms with E-state index in [0.29, 0.717) is 6.61 Å². The van der Waals surface area contributed by atoms with E-state index < -0.39 is 0 Å². The van der Waals surface area contributed by atoms with Gasteiger partial charge < -0.3 is 9.47 Å². The second-order valence-electron chi connectivity index (χ2n) is 7.17. The molecule has 3 heteroatoms. The molecule has 98 valence electrons. The number of hydrogen-bond donors (Lipinski definition) is 0. The smallest absolute Gasteiger partial charge is 0.338 e. The number of hydrogen-bond acceptors (Lipinski definition) is 3. The van der Waals surface area contributed by atoms with Crippen LogP contribution in [-0.2, 0) is 14.3 Å². The first-order valence-corrected chi connectivity index (χ1v) is 6.54. The number of rotatable bonds is 2. The first-order valence-electron chi connectivity index (χ1n) is 6.54. The normalized spacial score (nSPS) is 32.2. The molecule has 0 aromatic rings. The van der Waals surface area contributed by atoms with Crippen molar-refractivity contribution in [2.75, 3.05) is 6.61 Å². The summed E-state index contributed by atoms with van der Waals surface area (Å²) in [6.07, 6.45) is 2.79. The fraction of sp³-hybridized carbons (Fsp3) is 0.929. The Bertz CT molecular complexity index is 314. The van der Waals surface area contributed by atoms with Gasteiger partial charge in [-0.25, -0.2) is 4.79 Å². The number of carbonyl (C=O) groups excluding carboxylic acids is 1. The van der Waals surface area contributed by atoms with E-state index in [1.54, 1.807) is 0 Å². The zero-order chi connectivity index (χ0) is 12.9. The van der Waals surface area contributed by atoms with Crippen molar-refractivity contribution in [3.8, 4) is 0 Å². The lowest BCUT2D eigenvalue weighted by molar-refractivity contribution is -0.144. The van der Waals surface area contributed by atoms with Crippen molar-refractivity contribution < 1.29 is 14.3 Å². The van der Waals surface area contributed by atoms with Crippen molar-refractivity contribution in [1.29, 1.82) is 0 Å². The number of carbonyl (C=O) groups is 1. The third-order valence-electron chi connectivity index (χ3n) is 3.79. The Morgan fingerprint density at radius 1 is 1.18 bits per heavy atom. The summed E-state index contributed by atoms with van der Waals surface area (Å²) in [5, 5.41) is 0. The lowest BCUT2D eigenvalue weighted by Gasteiger charge is -2.44. The Morgan fingerprint density at radius 2 is 1.71 bits per heavy atom. The summed E-state index contributed by atoms with van der Waals surface area (Å²) < 4.78 is 10.8. The molecule has 1 spiro atoms. The standard InChI is InChI=1S/C14H24O3/c1-6-16-11(15)10-14(17-10)8-12(2,3)7-13(4,5)9-14/h10H,6-9H2,1-5H3. The van der Waals surface area contributed by atoms with Gasteiger partial charge in [0.05, 0.1) is 6.61 Å². The molecule has 0 radical (unpaired) electrons. The molecule has 1 aliphatic carbocycles. The van der Waals surface area contributed by atoms with E-state index in [9.17, 15) is 4.79 Å². The highest BCUT2D eigenvalue weighted by Crippen LogP contribution is 2.59. The molecule has 1 saturated heterocycles. The maximum absolute atomic E-state index is 11.8. The third-order valence-corrected chi connectivity index (χ3v) is 3.79. The average Bonchev–Trinajstić information content (AvgIpc) is 2.72. The van der Waals surface area contributed by atoms with Crippen LogP contribution in [0.2, 0.25) is 0 Å². The molecule has 2 rings (SSSR count). The molecule has 1 atom stereocenters. The van der Waals surface area contributed by atoms with E-state index >= 15 is 0 Å². The van der Waals surface area contributed by atoms with Crippen LogP contribution in [0.3, 0.4) is 0 Å². The SMILES string of the molecule is CCOC(=O)C1OC12CC(C)(C)CC(C)(C)C2. The molecule has 17 heavy (non-hydrogen) atoms. The Hall–Kier alpha value is -0.570. The maximum atomic E-state index is 11.8. The van der Waals surface area contributed by atoms with Crippen molar-refractivity contribution in [3.05, 3.63) is 0 Å². The van der Waals surface area contributed by atoms with Gasteiger partial charge in [0, 0.05) is 0 Å². The molecular weight excluding hydrogens is 216 g/mol. The van der Waals surface area contributed by atoms with Crippen LogP contribution < -0.4 is 0 Å². The van der Waals surface area contributed by atoms with E-state index in [-0.39, 0.29) is 28.5 Å². The molecule has 0 amide bonds. The minimum absolute atomic E-state index is 0.180. The summed E-state index contributed by atoms with van der Waals surface area (Å²) >= 11 is 0. The van der Waals surface area contributed by atoms with Gasteiger partial charge in [-0.1, -0.05) is 27.7 Å². The predicted molar refractivity (Wildman–Crippen MR) is 65.7 cm³/mol. The Kier molecular flexibility index (Phi) is 2.81. The lowest BCUT2D eigenvalue weighted by atomic mass is 9.60. The first-order chi connectivity index (χ1) is 7.70. The Morgan fingerprint density at radius 3 is 2.18 bits per heavy atom. The third kappa shape index (κ3) is 2.49. The highest BCUT2D eigenvalue weighted by Gasteiger charge is 2.66. The van der Waals surface area contributed by atoms with Crippen LogP contribution in [0.15, 0.2) is 0 Å². The summed E-state index contributed by atoms with van der Waals surface area (Å²) in [7, 11) is 0. The van der Waals surface area contributed by atoms with Crippen molar-refractivity contribution in [3.63, 3.8) is 0 Å². The summed E-state index contributed by atoms with van der Waals surface area (Å²) in [5.74, 6) is -0.180. The van der Waals surface area contributed by atoms with Gasteiger partial charge in [0.1, 0.15) is 5.60 Å². The van der Waals surface area contributed by atoms with Gasteiger partial charge in [0.15, 0.2) is 6.10 Å². The highest BCUT2D eigenvalue weighted by atomic mass is 16.7. The van der Waals surface area contributed by atoms with E-state index in [2.05, 4.69) is 27.7 Å². The van der Waals surface area contributed by atoms with Gasteiger partial charge in [-0.2, -0.15) is 0 Å². The Labute approximate surface area is 104 Å². The summed E-state index contributed by atoms with van der Waals surface area (Å²) in [4.78, 5) is 11.8. The van der Waals surface area contributed by atoms with E-state index in [1.165, 1.54) is 6.42 Å². The number of ether oxygens (including phenoxy) is 2. The van der Waals surface area contributed by atoms with Crippen LogP contribution in [0.25, 0.3) is 0 Å². The van der Waals surface area contributed by atoms with Crippen LogP contribution in [0.5, 0.6) is 0 Å². The fourth-order valence-electron chi connectivity index (χ4n) is 4.05. The molecule has 2 fully saturated rings. The van der Waals surface area contributed by atoms with E-state index in [1.807, 2.05) is 6.92 Å². The molecule has 1 unspecified atom stereocenters. The van der Waals surface area contributed by atoms with Crippen LogP contribution in [0.4, 0.5) is 0 Å². The minimum atomic E-state index is -0.318. The summed E-state index contributed by atoms with van der Waals surface area (Å²) in [6.45, 7) is 11.3. The van der Waals surface area contributed by atoms with E-state index in [0.717, 1.165) is 12.8 Å². The average molecular weight is 240 g/mol. The van der Waals surface area contributed by atoms with Gasteiger partial charge in [0.25, 0.3) is 0 Å². The highest BCUT2D eigenvalue weighted by molar-refractivity contribution is 5.79. The molecule has 0 N–H and O–H groups in total. The quantitative estimate of drug-likeness (QED) is 0.550. The van der Waals surface area contributed by atoms with E-state index in [4.69, 9.17) is 9.47 Å². The Balaban J connectivity index is 2.10. The van der Waals surface area contributed by atoms with Gasteiger partial charge in [-0.3, -0.25) is 0 Å². The van der Waals surface area contributed by atoms with Gasteiger partial charge in [0.2, 0.25) is 0 Å². The number of epoxide rings is 1. The van der Waals surface area contributed by atoms with Crippen LogP contribution >= 0.6 is 0 Å². The molecule has 0 aromatic carbocycles. The molecule has 3 nitrogen and oxygen atoms in total. The monoisotopic (exact) mass is 240 g/mol. The molecule has 0 bridgehead atoms. The van der Waals surface area contributed by atoms with Gasteiger partial charge in [-0.05, 0) is 37.0 Å². The van der Waals surface area contributed by atoms with Crippen molar-refractivity contribution in [1.82, 2.24) is 0 Å². The van der Waals surface area contributed by atoms with Crippen molar-refractivity contribution in [2.24, 2.45) is 10.8 Å². The predicted octanol–water partition coefficient (Wildman–Crippen LogP) is 2.92. The van der Waals surface area contributed by atoms with Crippen LogP contribution in [0, 0.1) is 10.8 Å². The molecule has 1 aliphatic heterocycles. The largest absolute Gasteiger partial charge is 0.464 e. The molecule has 2 aliphatic rings. The zero-order valence-electron chi connectivity index (χ0n) is 11.6. The summed E-state index contributed by atoms with van der Waals surface area (Å²) in [6, 6.07) is 0. The zero-order valence-corrected chi connectivity index (χ0v) is 11.6. The lowest BCUT2D eigenvalue weighted by Crippen LogP contribution is -2.41. The number of esters is 1. The first kappa shape index (κ1) is 12.9. The van der Waals surface area contributed by atoms with Crippen molar-refractivity contribution >= 4 is 5.97 Å². The molecule has 0 aromatic heterocycles. The fourth-order valence-corrected chi connectivity index (χ4v) is 4.05. The van der Waals surface area contributed by atoms with Gasteiger partial charge >= 0.3 is 5.97 Å².